The Labute approximate surface area is 142 Å². The smallest absolute Gasteiger partial charge is 0.342 e. The van der Waals surface area contributed by atoms with Gasteiger partial charge >= 0.3 is 12.0 Å². The number of nitrogens with one attached hydrogen (secondary N) is 1. The number of amides is 1. The first-order valence-corrected chi connectivity index (χ1v) is 7.27. The molecule has 2 N–H and O–H groups in total. The lowest BCUT2D eigenvalue weighted by Gasteiger charge is -2.05. The highest BCUT2D eigenvalue weighted by Crippen LogP contribution is 2.19. The van der Waals surface area contributed by atoms with Crippen LogP contribution in [0.2, 0.25) is 0 Å². The van der Waals surface area contributed by atoms with E-state index in [0.29, 0.717) is 5.56 Å². The van der Waals surface area contributed by atoms with Crippen LogP contribution >= 0.6 is 0 Å². The summed E-state index contributed by atoms with van der Waals surface area (Å²) in [6.45, 7) is -0.559. The van der Waals surface area contributed by atoms with Crippen molar-refractivity contribution in [1.29, 1.82) is 0 Å². The summed E-state index contributed by atoms with van der Waals surface area (Å²) in [5.74, 6) is -1.43. The molecule has 0 fully saturated rings. The van der Waals surface area contributed by atoms with Gasteiger partial charge in [-0.25, -0.2) is 4.79 Å². The fraction of sp³-hybridized carbons (Fsp3) is 0.0588. The summed E-state index contributed by atoms with van der Waals surface area (Å²) in [5.41, 5.74) is 0.681. The van der Waals surface area contributed by atoms with E-state index in [0.717, 1.165) is 0 Å². The summed E-state index contributed by atoms with van der Waals surface area (Å²) >= 11 is 0. The number of nitrogens with zero attached hydrogens (tertiary/aromatic N) is 2. The number of ether oxygens (including phenoxy) is 1. The second kappa shape index (κ2) is 7.26. The molecule has 0 bridgehead atoms. The summed E-state index contributed by atoms with van der Waals surface area (Å²) in [7, 11) is 0. The molecule has 0 spiro atoms. The third kappa shape index (κ3) is 3.99. The molecule has 0 aliphatic carbocycles. The van der Waals surface area contributed by atoms with E-state index in [1.807, 2.05) is 18.2 Å². The third-order valence-electron chi connectivity index (χ3n) is 3.15. The number of carbonyl (C=O) groups is 2. The zero-order chi connectivity index (χ0) is 17.6. The zero-order valence-electron chi connectivity index (χ0n) is 12.9. The van der Waals surface area contributed by atoms with Gasteiger partial charge in [0.05, 0.1) is 0 Å². The highest BCUT2D eigenvalue weighted by atomic mass is 16.5. The van der Waals surface area contributed by atoms with Gasteiger partial charge in [-0.05, 0) is 24.3 Å². The molecule has 25 heavy (non-hydrogen) atoms. The quantitative estimate of drug-likeness (QED) is 0.685. The summed E-state index contributed by atoms with van der Waals surface area (Å²) in [4.78, 5) is 23.6. The maximum atomic E-state index is 11.8. The van der Waals surface area contributed by atoms with Gasteiger partial charge in [0.25, 0.3) is 5.91 Å². The molecule has 1 amide bonds. The van der Waals surface area contributed by atoms with Crippen LogP contribution < -0.4 is 5.32 Å². The van der Waals surface area contributed by atoms with Gasteiger partial charge in [0.1, 0.15) is 11.3 Å². The number of aromatic nitrogens is 2. The Morgan fingerprint density at radius 2 is 1.76 bits per heavy atom. The molecular weight excluding hydrogens is 326 g/mol. The molecule has 0 radical (unpaired) electrons. The Kier molecular flexibility index (Phi) is 4.70. The van der Waals surface area contributed by atoms with Crippen LogP contribution in [0.25, 0.3) is 11.5 Å². The van der Waals surface area contributed by atoms with Crippen molar-refractivity contribution in [3.63, 3.8) is 0 Å². The number of hydrogen-bond donors (Lipinski definition) is 2. The van der Waals surface area contributed by atoms with E-state index in [2.05, 4.69) is 15.5 Å². The maximum absolute atomic E-state index is 11.8. The van der Waals surface area contributed by atoms with Gasteiger partial charge in [-0.1, -0.05) is 35.4 Å². The van der Waals surface area contributed by atoms with Crippen LogP contribution in [0.4, 0.5) is 6.01 Å². The SMILES string of the molecule is O=C(COC(=O)c1ccccc1O)Nc1nnc(-c2ccccc2)o1. The number of anilines is 1. The van der Waals surface area contributed by atoms with Crippen molar-refractivity contribution in [2.75, 3.05) is 11.9 Å². The van der Waals surface area contributed by atoms with E-state index in [4.69, 9.17) is 9.15 Å². The molecule has 2 aromatic carbocycles. The number of phenolic OH excluding ortho intramolecular Hbond substituents is 1. The largest absolute Gasteiger partial charge is 0.507 e. The van der Waals surface area contributed by atoms with Crippen LogP contribution in [-0.2, 0) is 9.53 Å². The van der Waals surface area contributed by atoms with E-state index in [1.165, 1.54) is 12.1 Å². The van der Waals surface area contributed by atoms with Crippen molar-refractivity contribution < 1.29 is 23.8 Å². The summed E-state index contributed by atoms with van der Waals surface area (Å²) < 4.78 is 10.1. The number of carbonyl (C=O) groups excluding carboxylic acids is 2. The van der Waals surface area contributed by atoms with Crippen LogP contribution in [0.1, 0.15) is 10.4 Å². The Morgan fingerprint density at radius 3 is 2.52 bits per heavy atom. The molecule has 1 aromatic heterocycles. The first kappa shape index (κ1) is 16.2. The fourth-order valence-corrected chi connectivity index (χ4v) is 1.98. The van der Waals surface area contributed by atoms with Crippen LogP contribution in [0.3, 0.4) is 0 Å². The van der Waals surface area contributed by atoms with Gasteiger partial charge in [0, 0.05) is 5.56 Å². The van der Waals surface area contributed by atoms with Gasteiger partial charge in [-0.3, -0.25) is 10.1 Å². The molecule has 3 rings (SSSR count). The number of phenols is 1. The second-order valence-corrected chi connectivity index (χ2v) is 4.92. The minimum absolute atomic E-state index is 0.0283. The van der Waals surface area contributed by atoms with Crippen molar-refractivity contribution in [2.45, 2.75) is 0 Å². The Bertz CT molecular complexity index is 892. The highest BCUT2D eigenvalue weighted by Gasteiger charge is 2.15. The fourth-order valence-electron chi connectivity index (χ4n) is 1.98. The molecular formula is C17H13N3O5. The predicted molar refractivity (Wildman–Crippen MR) is 86.8 cm³/mol. The summed E-state index contributed by atoms with van der Waals surface area (Å²) in [6, 6.07) is 14.8. The molecule has 0 saturated carbocycles. The van der Waals surface area contributed by atoms with Gasteiger partial charge in [-0.2, -0.15) is 0 Å². The Hall–Kier alpha value is -3.68. The highest BCUT2D eigenvalue weighted by molar-refractivity contribution is 5.95. The summed E-state index contributed by atoms with van der Waals surface area (Å²) in [5, 5.41) is 19.4. The summed E-state index contributed by atoms with van der Waals surface area (Å²) in [6.07, 6.45) is 0. The van der Waals surface area contributed by atoms with Gasteiger partial charge in [-0.15, -0.1) is 5.10 Å². The van der Waals surface area contributed by atoms with Gasteiger partial charge in [0.2, 0.25) is 5.89 Å². The minimum Gasteiger partial charge on any atom is -0.507 e. The molecule has 0 aliphatic rings. The van der Waals surface area contributed by atoms with E-state index in [9.17, 15) is 14.7 Å². The van der Waals surface area contributed by atoms with E-state index in [-0.39, 0.29) is 23.2 Å². The lowest BCUT2D eigenvalue weighted by molar-refractivity contribution is -0.119. The lowest BCUT2D eigenvalue weighted by Crippen LogP contribution is -2.21. The number of para-hydroxylation sites is 1. The minimum atomic E-state index is -0.816. The van der Waals surface area contributed by atoms with Crippen molar-refractivity contribution in [1.82, 2.24) is 10.2 Å². The van der Waals surface area contributed by atoms with Crippen molar-refractivity contribution in [3.05, 3.63) is 60.2 Å². The van der Waals surface area contributed by atoms with Crippen LogP contribution in [0.5, 0.6) is 5.75 Å². The lowest BCUT2D eigenvalue weighted by atomic mass is 10.2. The number of esters is 1. The van der Waals surface area contributed by atoms with Crippen LogP contribution in [-0.4, -0.2) is 33.8 Å². The van der Waals surface area contributed by atoms with Crippen molar-refractivity contribution >= 4 is 17.9 Å². The molecule has 0 atom stereocenters. The van der Waals surface area contributed by atoms with Gasteiger partial charge in [0.15, 0.2) is 6.61 Å². The molecule has 3 aromatic rings. The Balaban J connectivity index is 1.56. The number of benzene rings is 2. The zero-order valence-corrected chi connectivity index (χ0v) is 12.9. The monoisotopic (exact) mass is 339 g/mol. The second-order valence-electron chi connectivity index (χ2n) is 4.92. The third-order valence-corrected chi connectivity index (χ3v) is 3.15. The predicted octanol–water partition coefficient (Wildman–Crippen LogP) is 2.24. The number of aromatic hydroxyl groups is 1. The first-order valence-electron chi connectivity index (χ1n) is 7.27. The molecule has 0 saturated heterocycles. The number of hydrogen-bond acceptors (Lipinski definition) is 7. The normalized spacial score (nSPS) is 10.2. The van der Waals surface area contributed by atoms with E-state index < -0.39 is 18.5 Å². The number of rotatable bonds is 5. The molecule has 0 unspecified atom stereocenters. The van der Waals surface area contributed by atoms with Crippen molar-refractivity contribution in [3.8, 4) is 17.2 Å². The van der Waals surface area contributed by atoms with Gasteiger partial charge < -0.3 is 14.3 Å². The topological polar surface area (TPSA) is 115 Å². The molecule has 8 nitrogen and oxygen atoms in total. The molecule has 1 heterocycles. The van der Waals surface area contributed by atoms with Crippen molar-refractivity contribution in [2.24, 2.45) is 0 Å². The first-order chi connectivity index (χ1) is 12.1. The Morgan fingerprint density at radius 1 is 1.04 bits per heavy atom. The van der Waals surface area contributed by atoms with E-state index in [1.54, 1.807) is 24.3 Å². The maximum Gasteiger partial charge on any atom is 0.342 e. The van der Waals surface area contributed by atoms with Crippen LogP contribution in [0, 0.1) is 0 Å². The van der Waals surface area contributed by atoms with E-state index >= 15 is 0 Å². The molecule has 0 aliphatic heterocycles. The molecule has 8 heteroatoms. The van der Waals surface area contributed by atoms with Crippen LogP contribution in [0.15, 0.2) is 59.0 Å². The average molecular weight is 339 g/mol. The molecule has 126 valence electrons. The average Bonchev–Trinajstić information content (AvgIpc) is 3.09. The standard InChI is InChI=1S/C17H13N3O5/c21-13-9-5-4-8-12(13)16(23)24-10-14(22)18-17-20-19-15(25-17)11-6-2-1-3-7-11/h1-9,21H,10H2,(H,18,20,22).